The summed E-state index contributed by atoms with van der Waals surface area (Å²) < 4.78 is 16.0. The number of ether oxygens (including phenoxy) is 3. The number of carboxylic acid groups (broad SMARTS) is 1. The quantitative estimate of drug-likeness (QED) is 0.296. The molecule has 2 aliphatic heterocycles. The predicted molar refractivity (Wildman–Crippen MR) is 118 cm³/mol. The normalized spacial score (nSPS) is 32.3. The number of nitrogens with zero attached hydrogens (tertiary/aromatic N) is 1. The van der Waals surface area contributed by atoms with Crippen molar-refractivity contribution < 1.29 is 54.1 Å². The lowest BCUT2D eigenvalue weighted by Gasteiger charge is -2.61. The smallest absolute Gasteiger partial charge is 0.344 e. The minimum Gasteiger partial charge on any atom is -0.504 e. The number of likely N-dealkylation sites (tertiary alicyclic amines) is 1. The highest BCUT2D eigenvalue weighted by molar-refractivity contribution is 5.87. The summed E-state index contributed by atoms with van der Waals surface area (Å²) in [4.78, 5) is 37.6. The Morgan fingerprint density at radius 3 is 2.58 bits per heavy atom. The molecule has 3 unspecified atom stereocenters. The number of carbonyl (C=O) groups is 3. The SMILES string of the molecule is CC(OC(=O)C(O)C(O)C(=O)OC1=CC[C@@]2(O)[C@H]3Cc4ccc(O)c5c4[C@@]2(CCN3C)[C@H]1O5)C(=O)O. The van der Waals surface area contributed by atoms with Crippen LogP contribution in [0.1, 0.15) is 30.9 Å². The van der Waals surface area contributed by atoms with Crippen molar-refractivity contribution in [2.24, 2.45) is 0 Å². The van der Waals surface area contributed by atoms with Gasteiger partial charge >= 0.3 is 17.9 Å². The fourth-order valence-electron chi connectivity index (χ4n) is 6.17. The summed E-state index contributed by atoms with van der Waals surface area (Å²) in [6.45, 7) is 1.65. The van der Waals surface area contributed by atoms with Gasteiger partial charge in [0.2, 0.25) is 0 Å². The van der Waals surface area contributed by atoms with Gasteiger partial charge < -0.3 is 44.6 Å². The van der Waals surface area contributed by atoms with E-state index in [0.717, 1.165) is 12.5 Å². The van der Waals surface area contributed by atoms with E-state index >= 15 is 0 Å². The number of aliphatic carboxylic acids is 1. The van der Waals surface area contributed by atoms with E-state index < -0.39 is 53.3 Å². The first kappa shape index (κ1) is 24.5. The molecule has 194 valence electrons. The zero-order valence-corrected chi connectivity index (χ0v) is 19.6. The molecule has 36 heavy (non-hydrogen) atoms. The molecule has 2 aliphatic carbocycles. The van der Waals surface area contributed by atoms with E-state index in [1.165, 1.54) is 12.1 Å². The van der Waals surface area contributed by atoms with Crippen LogP contribution in [0.25, 0.3) is 0 Å². The van der Waals surface area contributed by atoms with E-state index in [9.17, 15) is 34.8 Å². The number of benzene rings is 1. The molecule has 5 rings (SSSR count). The fraction of sp³-hybridized carbons (Fsp3) is 0.542. The molecule has 1 aromatic rings. The Kier molecular flexibility index (Phi) is 5.56. The number of hydrogen-bond acceptors (Lipinski definition) is 11. The van der Waals surface area contributed by atoms with Gasteiger partial charge in [0.25, 0.3) is 0 Å². The van der Waals surface area contributed by atoms with Crippen molar-refractivity contribution in [3.63, 3.8) is 0 Å². The first-order chi connectivity index (χ1) is 16.9. The Labute approximate surface area is 205 Å². The van der Waals surface area contributed by atoms with Crippen molar-refractivity contribution >= 4 is 17.9 Å². The number of carbonyl (C=O) groups excluding carboxylic acids is 2. The van der Waals surface area contributed by atoms with Crippen molar-refractivity contribution in [1.82, 2.24) is 4.90 Å². The van der Waals surface area contributed by atoms with Crippen molar-refractivity contribution in [3.05, 3.63) is 35.1 Å². The molecule has 12 heteroatoms. The zero-order valence-electron chi connectivity index (χ0n) is 19.6. The molecule has 2 bridgehead atoms. The monoisotopic (exact) mass is 505 g/mol. The van der Waals surface area contributed by atoms with Crippen LogP contribution in [0.5, 0.6) is 11.5 Å². The lowest BCUT2D eigenvalue weighted by atomic mass is 9.50. The molecule has 0 amide bonds. The summed E-state index contributed by atoms with van der Waals surface area (Å²) >= 11 is 0. The van der Waals surface area contributed by atoms with Gasteiger partial charge in [0.15, 0.2) is 35.9 Å². The number of aliphatic hydroxyl groups excluding tert-OH is 2. The third-order valence-electron chi connectivity index (χ3n) is 7.99. The van der Waals surface area contributed by atoms with Crippen molar-refractivity contribution in [3.8, 4) is 11.5 Å². The van der Waals surface area contributed by atoms with E-state index in [0.29, 0.717) is 24.9 Å². The second-order valence-electron chi connectivity index (χ2n) is 9.83. The van der Waals surface area contributed by atoms with E-state index in [1.54, 1.807) is 6.07 Å². The highest BCUT2D eigenvalue weighted by Gasteiger charge is 2.72. The summed E-state index contributed by atoms with van der Waals surface area (Å²) in [6.07, 6.45) is -4.84. The Morgan fingerprint density at radius 2 is 1.89 bits per heavy atom. The van der Waals surface area contributed by atoms with E-state index in [-0.39, 0.29) is 29.7 Å². The van der Waals surface area contributed by atoms with Gasteiger partial charge in [-0.2, -0.15) is 0 Å². The van der Waals surface area contributed by atoms with Gasteiger partial charge in [-0.3, -0.25) is 0 Å². The molecular formula is C24H27NO11. The van der Waals surface area contributed by atoms with Gasteiger partial charge in [0.1, 0.15) is 5.76 Å². The summed E-state index contributed by atoms with van der Waals surface area (Å²) in [5.74, 6) is -4.32. The number of aromatic hydroxyl groups is 1. The number of phenols is 1. The number of hydrogen-bond donors (Lipinski definition) is 5. The maximum Gasteiger partial charge on any atom is 0.344 e. The van der Waals surface area contributed by atoms with Crippen LogP contribution in [0.4, 0.5) is 0 Å². The number of piperidine rings is 1. The minimum absolute atomic E-state index is 0.0325. The lowest BCUT2D eigenvalue weighted by molar-refractivity contribution is -0.182. The highest BCUT2D eigenvalue weighted by atomic mass is 16.6. The van der Waals surface area contributed by atoms with Gasteiger partial charge in [-0.1, -0.05) is 6.07 Å². The lowest BCUT2D eigenvalue weighted by Crippen LogP contribution is -2.74. The molecule has 7 atom stereocenters. The van der Waals surface area contributed by atoms with Gasteiger partial charge in [0.05, 0.1) is 11.0 Å². The molecule has 0 aromatic heterocycles. The molecule has 5 N–H and O–H groups in total. The van der Waals surface area contributed by atoms with Crippen molar-refractivity contribution in [2.45, 2.75) is 67.7 Å². The molecule has 4 aliphatic rings. The number of aliphatic hydroxyl groups is 3. The molecule has 0 saturated carbocycles. The summed E-state index contributed by atoms with van der Waals surface area (Å²) in [5.41, 5.74) is -0.741. The molecule has 1 spiro atoms. The fourth-order valence-corrected chi connectivity index (χ4v) is 6.17. The number of esters is 2. The van der Waals surface area contributed by atoms with Gasteiger partial charge in [-0.15, -0.1) is 0 Å². The van der Waals surface area contributed by atoms with Crippen molar-refractivity contribution in [1.29, 1.82) is 0 Å². The molecule has 0 radical (unpaired) electrons. The zero-order chi connectivity index (χ0) is 26.2. The van der Waals surface area contributed by atoms with Crippen LogP contribution < -0.4 is 4.74 Å². The third-order valence-corrected chi connectivity index (χ3v) is 7.99. The molecule has 1 aromatic carbocycles. The summed E-state index contributed by atoms with van der Waals surface area (Å²) in [7, 11) is 1.92. The Morgan fingerprint density at radius 1 is 1.19 bits per heavy atom. The summed E-state index contributed by atoms with van der Waals surface area (Å²) in [5, 5.41) is 51.7. The van der Waals surface area contributed by atoms with Crippen LogP contribution >= 0.6 is 0 Å². The van der Waals surface area contributed by atoms with Gasteiger partial charge in [0, 0.05) is 18.0 Å². The second-order valence-corrected chi connectivity index (χ2v) is 9.83. The first-order valence-corrected chi connectivity index (χ1v) is 11.6. The number of phenolic OH excluding ortho intramolecular Hbond substituents is 1. The number of likely N-dealkylation sites (N-methyl/N-ethyl adjacent to an activating group) is 1. The van der Waals surface area contributed by atoms with Crippen LogP contribution in [-0.4, -0.2) is 98.0 Å². The number of carboxylic acids is 1. The average Bonchev–Trinajstić information content (AvgIpc) is 3.19. The van der Waals surface area contributed by atoms with Gasteiger partial charge in [-0.05, 0) is 51.1 Å². The standard InChI is InChI=1S/C24H27NO11/c1-10(20(29)30)34-21(31)16(27)17(28)22(32)35-13-5-6-24(33)14-9-11-3-4-12(26)18-15(11)23(24,19(13)36-18)7-8-25(14)2/h3-5,10,14,16-17,19,26-28,33H,6-9H2,1-2H3,(H,29,30)/t10?,14-,16?,17?,19+,23+,24-/m1/s1. The number of rotatable bonds is 6. The first-order valence-electron chi connectivity index (χ1n) is 11.6. The Hall–Kier alpha value is -3.19. The molecule has 1 saturated heterocycles. The van der Waals surface area contributed by atoms with E-state index in [2.05, 4.69) is 9.64 Å². The molecule has 2 heterocycles. The van der Waals surface area contributed by atoms with Gasteiger partial charge in [-0.25, -0.2) is 14.4 Å². The van der Waals surface area contributed by atoms with Crippen LogP contribution in [0.2, 0.25) is 0 Å². The Balaban J connectivity index is 1.44. The predicted octanol–water partition coefficient (Wildman–Crippen LogP) is -1.05. The topological polar surface area (TPSA) is 183 Å². The van der Waals surface area contributed by atoms with Crippen LogP contribution in [-0.2, 0) is 35.7 Å². The Bertz CT molecular complexity index is 1180. The minimum atomic E-state index is -2.39. The summed E-state index contributed by atoms with van der Waals surface area (Å²) in [6, 6.07) is 3.05. The maximum atomic E-state index is 12.7. The van der Waals surface area contributed by atoms with Crippen LogP contribution in [0.3, 0.4) is 0 Å². The second kappa shape index (κ2) is 8.17. The van der Waals surface area contributed by atoms with Crippen LogP contribution in [0.15, 0.2) is 24.0 Å². The van der Waals surface area contributed by atoms with Crippen LogP contribution in [0, 0.1) is 0 Å². The molecule has 1 fully saturated rings. The van der Waals surface area contributed by atoms with E-state index in [1.807, 2.05) is 7.05 Å². The van der Waals surface area contributed by atoms with Crippen molar-refractivity contribution in [2.75, 3.05) is 13.6 Å². The molecular weight excluding hydrogens is 478 g/mol. The maximum absolute atomic E-state index is 12.7. The molecule has 12 nitrogen and oxygen atoms in total. The third kappa shape index (κ3) is 3.18. The van der Waals surface area contributed by atoms with E-state index in [4.69, 9.17) is 14.6 Å². The largest absolute Gasteiger partial charge is 0.504 e. The highest BCUT2D eigenvalue weighted by Crippen LogP contribution is 2.65. The average molecular weight is 505 g/mol.